The minimum Gasteiger partial charge on any atom is -0.449 e. The molecule has 2 aromatic rings. The fourth-order valence-electron chi connectivity index (χ4n) is 1.98. The summed E-state index contributed by atoms with van der Waals surface area (Å²) in [6.45, 7) is 5.09. The minimum atomic E-state index is -0.984. The number of nitrogens with two attached hydrogens (primary N) is 1. The number of aromatic nitrogens is 1. The number of aryl methyl sites for hydroxylation is 2. The Morgan fingerprint density at radius 1 is 1.35 bits per heavy atom. The number of nitrogen functional groups attached to an aromatic ring is 1. The van der Waals surface area contributed by atoms with Crippen LogP contribution < -0.4 is 11.1 Å². The van der Waals surface area contributed by atoms with Gasteiger partial charge in [-0.05, 0) is 38.0 Å². The fraction of sp³-hybridized carbons (Fsp3) is 0.312. The molecule has 1 aromatic carbocycles. The number of anilines is 2. The van der Waals surface area contributed by atoms with Crippen molar-refractivity contribution < 1.29 is 18.8 Å². The van der Waals surface area contributed by atoms with E-state index in [4.69, 9.17) is 15.0 Å². The van der Waals surface area contributed by atoms with E-state index in [1.165, 1.54) is 12.5 Å². The number of hydrogen-bond donors (Lipinski definition) is 2. The maximum Gasteiger partial charge on any atom is 0.346 e. The number of rotatable bonds is 5. The van der Waals surface area contributed by atoms with Crippen LogP contribution in [0.2, 0.25) is 0 Å². The van der Waals surface area contributed by atoms with Crippen molar-refractivity contribution in [3.05, 3.63) is 41.1 Å². The molecule has 0 aliphatic carbocycles. The quantitative estimate of drug-likeness (QED) is 0.819. The lowest BCUT2D eigenvalue weighted by Crippen LogP contribution is -2.30. The van der Waals surface area contributed by atoms with Gasteiger partial charge in [-0.2, -0.15) is 0 Å². The van der Waals surface area contributed by atoms with Gasteiger partial charge in [0.05, 0.1) is 5.69 Å². The Labute approximate surface area is 133 Å². The van der Waals surface area contributed by atoms with Gasteiger partial charge in [0.15, 0.2) is 6.10 Å². The molecule has 7 nitrogen and oxygen atoms in total. The summed E-state index contributed by atoms with van der Waals surface area (Å²) in [5.41, 5.74) is 7.67. The highest BCUT2D eigenvalue weighted by atomic mass is 16.5. The number of carbonyl (C=O) groups is 2. The van der Waals surface area contributed by atoms with Crippen molar-refractivity contribution in [3.8, 4) is 0 Å². The molecule has 0 saturated heterocycles. The van der Waals surface area contributed by atoms with Crippen molar-refractivity contribution >= 4 is 23.4 Å². The zero-order valence-corrected chi connectivity index (χ0v) is 13.3. The summed E-state index contributed by atoms with van der Waals surface area (Å²) >= 11 is 0. The van der Waals surface area contributed by atoms with Gasteiger partial charge in [0, 0.05) is 5.69 Å². The molecule has 1 aromatic heterocycles. The van der Waals surface area contributed by atoms with Gasteiger partial charge in [-0.15, -0.1) is 0 Å². The van der Waals surface area contributed by atoms with Gasteiger partial charge in [0.2, 0.25) is 5.88 Å². The summed E-state index contributed by atoms with van der Waals surface area (Å²) in [6, 6.07) is 7.45. The average molecular weight is 317 g/mol. The molecule has 7 heteroatoms. The van der Waals surface area contributed by atoms with Crippen LogP contribution >= 0.6 is 0 Å². The summed E-state index contributed by atoms with van der Waals surface area (Å²) in [5.74, 6) is -1.31. The van der Waals surface area contributed by atoms with E-state index in [1.54, 1.807) is 19.1 Å². The number of nitrogens with one attached hydrogen (secondary N) is 1. The third kappa shape index (κ3) is 3.88. The van der Waals surface area contributed by atoms with Crippen molar-refractivity contribution in [2.75, 3.05) is 11.1 Å². The molecule has 1 heterocycles. The third-order valence-corrected chi connectivity index (χ3v) is 3.38. The highest BCUT2D eigenvalue weighted by molar-refractivity contribution is 5.99. The van der Waals surface area contributed by atoms with Gasteiger partial charge in [-0.3, -0.25) is 4.79 Å². The molecule has 0 saturated carbocycles. The van der Waals surface area contributed by atoms with Crippen molar-refractivity contribution in [3.63, 3.8) is 0 Å². The molecule has 0 fully saturated rings. The summed E-state index contributed by atoms with van der Waals surface area (Å²) in [6.07, 6.45) is -0.0658. The van der Waals surface area contributed by atoms with Gasteiger partial charge in [0.1, 0.15) is 5.56 Å². The van der Waals surface area contributed by atoms with Crippen molar-refractivity contribution in [2.24, 2.45) is 0 Å². The monoisotopic (exact) mass is 317 g/mol. The molecule has 0 radical (unpaired) electrons. The molecule has 1 atom stereocenters. The van der Waals surface area contributed by atoms with Crippen LogP contribution in [0.5, 0.6) is 0 Å². The SMILES string of the molecule is CCc1ccc(NC(=O)[C@H](C)OC(=O)c2c(C)noc2N)cc1. The lowest BCUT2D eigenvalue weighted by Gasteiger charge is -2.13. The Bertz CT molecular complexity index is 687. The smallest absolute Gasteiger partial charge is 0.346 e. The second kappa shape index (κ2) is 6.95. The summed E-state index contributed by atoms with van der Waals surface area (Å²) in [5, 5.41) is 6.26. The van der Waals surface area contributed by atoms with Crippen molar-refractivity contribution in [1.82, 2.24) is 5.16 Å². The normalized spacial score (nSPS) is 11.8. The average Bonchev–Trinajstić information content (AvgIpc) is 2.86. The van der Waals surface area contributed by atoms with Crippen LogP contribution in [-0.2, 0) is 16.0 Å². The zero-order chi connectivity index (χ0) is 17.0. The highest BCUT2D eigenvalue weighted by Crippen LogP contribution is 2.18. The Morgan fingerprint density at radius 2 is 2.00 bits per heavy atom. The van der Waals surface area contributed by atoms with Gasteiger partial charge >= 0.3 is 5.97 Å². The number of carbonyl (C=O) groups excluding carboxylic acids is 2. The van der Waals surface area contributed by atoms with Crippen LogP contribution in [0, 0.1) is 6.92 Å². The molecule has 2 rings (SSSR count). The Hall–Kier alpha value is -2.83. The predicted octanol–water partition coefficient (Wildman–Crippen LogP) is 2.31. The van der Waals surface area contributed by atoms with Gasteiger partial charge in [0.25, 0.3) is 5.91 Å². The summed E-state index contributed by atoms with van der Waals surface area (Å²) in [4.78, 5) is 24.1. The van der Waals surface area contributed by atoms with Crippen LogP contribution in [0.25, 0.3) is 0 Å². The maximum atomic E-state index is 12.1. The summed E-state index contributed by atoms with van der Waals surface area (Å²) < 4.78 is 9.81. The van der Waals surface area contributed by atoms with Gasteiger partial charge in [-0.25, -0.2) is 4.79 Å². The Kier molecular flexibility index (Phi) is 5.00. The molecule has 0 bridgehead atoms. The third-order valence-electron chi connectivity index (χ3n) is 3.38. The van der Waals surface area contributed by atoms with E-state index in [9.17, 15) is 9.59 Å². The second-order valence-corrected chi connectivity index (χ2v) is 5.09. The zero-order valence-electron chi connectivity index (χ0n) is 13.3. The molecule has 122 valence electrons. The first-order chi connectivity index (χ1) is 10.9. The predicted molar refractivity (Wildman–Crippen MR) is 85.0 cm³/mol. The summed E-state index contributed by atoms with van der Waals surface area (Å²) in [7, 11) is 0. The minimum absolute atomic E-state index is 0.0388. The molecular weight excluding hydrogens is 298 g/mol. The Balaban J connectivity index is 1.98. The number of amides is 1. The van der Waals surface area contributed by atoms with Crippen LogP contribution in [0.3, 0.4) is 0 Å². The van der Waals surface area contributed by atoms with E-state index in [1.807, 2.05) is 19.1 Å². The standard InChI is InChI=1S/C16H19N3O4/c1-4-11-5-7-12(8-6-11)18-15(20)10(3)22-16(21)13-9(2)19-23-14(13)17/h5-8,10H,4,17H2,1-3H3,(H,18,20)/t10-/m0/s1. The number of esters is 1. The fourth-order valence-corrected chi connectivity index (χ4v) is 1.98. The van der Waals surface area contributed by atoms with Crippen LogP contribution in [0.4, 0.5) is 11.6 Å². The molecule has 0 aliphatic rings. The lowest BCUT2D eigenvalue weighted by atomic mass is 10.1. The lowest BCUT2D eigenvalue weighted by molar-refractivity contribution is -0.123. The number of ether oxygens (including phenoxy) is 1. The van der Waals surface area contributed by atoms with E-state index in [0.717, 1.165) is 6.42 Å². The number of hydrogen-bond acceptors (Lipinski definition) is 6. The molecule has 0 unspecified atom stereocenters. The van der Waals surface area contributed by atoms with Crippen molar-refractivity contribution in [2.45, 2.75) is 33.3 Å². The van der Waals surface area contributed by atoms with E-state index >= 15 is 0 Å². The second-order valence-electron chi connectivity index (χ2n) is 5.09. The van der Waals surface area contributed by atoms with Crippen LogP contribution in [0.1, 0.15) is 35.5 Å². The topological polar surface area (TPSA) is 107 Å². The molecular formula is C16H19N3O4. The van der Waals surface area contributed by atoms with E-state index < -0.39 is 18.0 Å². The van der Waals surface area contributed by atoms with E-state index in [0.29, 0.717) is 11.4 Å². The molecule has 0 aliphatic heterocycles. The molecule has 3 N–H and O–H groups in total. The number of nitrogens with zero attached hydrogens (tertiary/aromatic N) is 1. The largest absolute Gasteiger partial charge is 0.449 e. The molecule has 0 spiro atoms. The number of benzene rings is 1. The Morgan fingerprint density at radius 3 is 2.52 bits per heavy atom. The van der Waals surface area contributed by atoms with Crippen molar-refractivity contribution in [1.29, 1.82) is 0 Å². The first-order valence-corrected chi connectivity index (χ1v) is 7.25. The van der Waals surface area contributed by atoms with E-state index in [-0.39, 0.29) is 11.4 Å². The highest BCUT2D eigenvalue weighted by Gasteiger charge is 2.24. The first-order valence-electron chi connectivity index (χ1n) is 7.25. The maximum absolute atomic E-state index is 12.1. The first kappa shape index (κ1) is 16.5. The molecule has 23 heavy (non-hydrogen) atoms. The van der Waals surface area contributed by atoms with E-state index in [2.05, 4.69) is 10.5 Å². The molecule has 1 amide bonds. The van der Waals surface area contributed by atoms with Gasteiger partial charge in [-0.1, -0.05) is 24.2 Å². The van der Waals surface area contributed by atoms with Gasteiger partial charge < -0.3 is 20.3 Å². The van der Waals surface area contributed by atoms with Crippen LogP contribution in [0.15, 0.2) is 28.8 Å². The van der Waals surface area contributed by atoms with Crippen LogP contribution in [-0.4, -0.2) is 23.1 Å².